The molecule has 4 fully saturated rings. The minimum absolute atomic E-state index is 0.0309. The van der Waals surface area contributed by atoms with Crippen LogP contribution in [0.1, 0.15) is 44.1 Å². The van der Waals surface area contributed by atoms with Crippen LogP contribution < -0.4 is 5.32 Å². The van der Waals surface area contributed by atoms with Crippen LogP contribution in [0.3, 0.4) is 0 Å². The van der Waals surface area contributed by atoms with E-state index in [1.165, 1.54) is 12.5 Å². The Morgan fingerprint density at radius 1 is 1.10 bits per heavy atom. The van der Waals surface area contributed by atoms with Crippen molar-refractivity contribution in [3.05, 3.63) is 23.8 Å². The van der Waals surface area contributed by atoms with Crippen molar-refractivity contribution in [2.75, 3.05) is 0 Å². The van der Waals surface area contributed by atoms with Gasteiger partial charge in [0.25, 0.3) is 0 Å². The van der Waals surface area contributed by atoms with Gasteiger partial charge in [-0.25, -0.2) is 0 Å². The molecular formula is C17H23NO3. The number of hydrogen-bond acceptors (Lipinski definition) is 4. The number of hydrogen-bond donors (Lipinski definition) is 4. The van der Waals surface area contributed by atoms with E-state index in [1.54, 1.807) is 12.1 Å². The Kier molecular flexibility index (Phi) is 2.79. The van der Waals surface area contributed by atoms with Crippen LogP contribution in [-0.4, -0.2) is 26.5 Å². The molecule has 4 heteroatoms. The molecule has 21 heavy (non-hydrogen) atoms. The van der Waals surface area contributed by atoms with Crippen molar-refractivity contribution in [2.24, 2.45) is 11.8 Å². The van der Waals surface area contributed by atoms with Gasteiger partial charge in [0.05, 0.1) is 5.60 Å². The monoisotopic (exact) mass is 289 g/mol. The fraction of sp³-hybridized carbons (Fsp3) is 0.647. The number of aromatic hydroxyl groups is 2. The topological polar surface area (TPSA) is 72.7 Å². The van der Waals surface area contributed by atoms with Gasteiger partial charge in [0, 0.05) is 23.7 Å². The first-order chi connectivity index (χ1) is 9.95. The smallest absolute Gasteiger partial charge is 0.123 e. The lowest BCUT2D eigenvalue weighted by Gasteiger charge is -2.60. The SMILES string of the molecule is Oc1ccc(CNC23CC4CC(CC(O)(C4)C2)C3)c(O)c1. The zero-order valence-electron chi connectivity index (χ0n) is 12.2. The molecule has 1 aromatic carbocycles. The summed E-state index contributed by atoms with van der Waals surface area (Å²) in [6, 6.07) is 4.74. The van der Waals surface area contributed by atoms with Crippen LogP contribution in [0.4, 0.5) is 0 Å². The average molecular weight is 289 g/mol. The molecule has 4 saturated carbocycles. The summed E-state index contributed by atoms with van der Waals surface area (Å²) < 4.78 is 0. The van der Waals surface area contributed by atoms with Crippen LogP contribution >= 0.6 is 0 Å². The molecule has 4 aliphatic rings. The van der Waals surface area contributed by atoms with Crippen LogP contribution in [0.5, 0.6) is 11.5 Å². The van der Waals surface area contributed by atoms with Crippen LogP contribution in [0.2, 0.25) is 0 Å². The third-order valence-electron chi connectivity index (χ3n) is 5.75. The molecule has 0 amide bonds. The highest BCUT2D eigenvalue weighted by molar-refractivity contribution is 5.39. The van der Waals surface area contributed by atoms with E-state index in [1.807, 2.05) is 0 Å². The highest BCUT2D eigenvalue weighted by Gasteiger charge is 2.56. The van der Waals surface area contributed by atoms with Crippen LogP contribution in [0.25, 0.3) is 0 Å². The molecule has 4 aliphatic carbocycles. The van der Waals surface area contributed by atoms with Crippen molar-refractivity contribution in [1.29, 1.82) is 0 Å². The van der Waals surface area contributed by atoms with Crippen LogP contribution in [0.15, 0.2) is 18.2 Å². The molecule has 4 N–H and O–H groups in total. The van der Waals surface area contributed by atoms with E-state index in [9.17, 15) is 15.3 Å². The van der Waals surface area contributed by atoms with Crippen molar-refractivity contribution < 1.29 is 15.3 Å². The first kappa shape index (κ1) is 13.4. The molecule has 114 valence electrons. The fourth-order valence-corrected chi connectivity index (χ4v) is 5.41. The fourth-order valence-electron chi connectivity index (χ4n) is 5.41. The standard InChI is InChI=1S/C17H23NO3/c19-14-2-1-13(15(20)4-14)9-18-16-5-11-3-12(6-16)8-17(21,7-11)10-16/h1-2,4,11-12,18-21H,3,5-10H2. The first-order valence-corrected chi connectivity index (χ1v) is 7.94. The molecule has 2 unspecified atom stereocenters. The molecule has 0 radical (unpaired) electrons. The maximum Gasteiger partial charge on any atom is 0.123 e. The molecule has 0 saturated heterocycles. The van der Waals surface area contributed by atoms with Gasteiger partial charge in [0.2, 0.25) is 0 Å². The zero-order chi connectivity index (χ0) is 14.7. The van der Waals surface area contributed by atoms with E-state index in [-0.39, 0.29) is 17.0 Å². The summed E-state index contributed by atoms with van der Waals surface area (Å²) in [4.78, 5) is 0. The van der Waals surface area contributed by atoms with Crippen molar-refractivity contribution in [3.63, 3.8) is 0 Å². The van der Waals surface area contributed by atoms with Crippen LogP contribution in [-0.2, 0) is 6.54 Å². The average Bonchev–Trinajstić information content (AvgIpc) is 2.34. The van der Waals surface area contributed by atoms with Gasteiger partial charge in [-0.05, 0) is 56.4 Å². The van der Waals surface area contributed by atoms with E-state index in [4.69, 9.17) is 0 Å². The third-order valence-corrected chi connectivity index (χ3v) is 5.75. The van der Waals surface area contributed by atoms with Crippen molar-refractivity contribution in [3.8, 4) is 11.5 Å². The summed E-state index contributed by atoms with van der Waals surface area (Å²) in [7, 11) is 0. The Morgan fingerprint density at radius 2 is 1.81 bits per heavy atom. The van der Waals surface area contributed by atoms with Gasteiger partial charge < -0.3 is 20.6 Å². The molecule has 1 aromatic rings. The van der Waals surface area contributed by atoms with Crippen molar-refractivity contribution in [2.45, 2.75) is 56.2 Å². The molecule has 0 spiro atoms. The molecule has 0 aliphatic heterocycles. The quantitative estimate of drug-likeness (QED) is 0.689. The largest absolute Gasteiger partial charge is 0.508 e. The Bertz CT molecular complexity index is 557. The second-order valence-corrected chi connectivity index (χ2v) is 7.63. The van der Waals surface area contributed by atoms with Crippen molar-refractivity contribution in [1.82, 2.24) is 5.32 Å². The normalized spacial score (nSPS) is 40.6. The Morgan fingerprint density at radius 3 is 2.43 bits per heavy atom. The maximum atomic E-state index is 10.7. The molecule has 2 atom stereocenters. The number of nitrogens with one attached hydrogen (secondary N) is 1. The van der Waals surface area contributed by atoms with Gasteiger partial charge in [-0.2, -0.15) is 0 Å². The molecule has 4 nitrogen and oxygen atoms in total. The minimum atomic E-state index is -0.464. The van der Waals surface area contributed by atoms with E-state index >= 15 is 0 Å². The van der Waals surface area contributed by atoms with E-state index in [2.05, 4.69) is 5.32 Å². The zero-order valence-corrected chi connectivity index (χ0v) is 12.2. The number of phenolic OH excluding ortho intramolecular Hbond substituents is 2. The number of phenols is 2. The predicted octanol–water partition coefficient (Wildman–Crippen LogP) is 2.27. The van der Waals surface area contributed by atoms with Crippen molar-refractivity contribution >= 4 is 0 Å². The number of aliphatic hydroxyl groups is 1. The predicted molar refractivity (Wildman–Crippen MR) is 79.0 cm³/mol. The molecule has 0 heterocycles. The highest BCUT2D eigenvalue weighted by atomic mass is 16.3. The lowest BCUT2D eigenvalue weighted by molar-refractivity contribution is -0.142. The van der Waals surface area contributed by atoms with Gasteiger partial charge in [-0.1, -0.05) is 6.07 Å². The van der Waals surface area contributed by atoms with Gasteiger partial charge in [-0.15, -0.1) is 0 Å². The van der Waals surface area contributed by atoms with Gasteiger partial charge >= 0.3 is 0 Å². The molecular weight excluding hydrogens is 266 g/mol. The Labute approximate surface area is 124 Å². The molecule has 4 bridgehead atoms. The minimum Gasteiger partial charge on any atom is -0.508 e. The summed E-state index contributed by atoms with van der Waals surface area (Å²) in [6.45, 7) is 0.585. The molecule has 0 aromatic heterocycles. The summed E-state index contributed by atoms with van der Waals surface area (Å²) in [5.41, 5.74) is 0.368. The van der Waals surface area contributed by atoms with Gasteiger partial charge in [0.1, 0.15) is 11.5 Å². The van der Waals surface area contributed by atoms with E-state index < -0.39 is 5.60 Å². The van der Waals surface area contributed by atoms with E-state index in [0.717, 1.165) is 37.7 Å². The molecule has 5 rings (SSSR count). The maximum absolute atomic E-state index is 10.7. The van der Waals surface area contributed by atoms with Gasteiger partial charge in [-0.3, -0.25) is 0 Å². The van der Waals surface area contributed by atoms with E-state index in [0.29, 0.717) is 18.4 Å². The second kappa shape index (κ2) is 4.37. The third kappa shape index (κ3) is 2.30. The lowest BCUT2D eigenvalue weighted by atomic mass is 9.51. The highest BCUT2D eigenvalue weighted by Crippen LogP contribution is 2.57. The summed E-state index contributed by atoms with van der Waals surface area (Å²) in [5.74, 6) is 1.51. The summed E-state index contributed by atoms with van der Waals surface area (Å²) >= 11 is 0. The first-order valence-electron chi connectivity index (χ1n) is 7.94. The van der Waals surface area contributed by atoms with Gasteiger partial charge in [0.15, 0.2) is 0 Å². The summed E-state index contributed by atoms with van der Waals surface area (Å²) in [6.07, 6.45) is 6.34. The lowest BCUT2D eigenvalue weighted by Crippen LogP contribution is -2.64. The second-order valence-electron chi connectivity index (χ2n) is 7.63. The Hall–Kier alpha value is -1.26. The Balaban J connectivity index is 1.52. The number of benzene rings is 1. The van der Waals surface area contributed by atoms with Crippen LogP contribution in [0, 0.1) is 11.8 Å². The summed E-state index contributed by atoms with van der Waals surface area (Å²) in [5, 5.41) is 33.6. The number of rotatable bonds is 3.